The lowest BCUT2D eigenvalue weighted by atomic mass is 10.3. The number of alkyl halides is 3. The molecular formula is C12H15F3N2O3S. The molecule has 21 heavy (non-hydrogen) atoms. The van der Waals surface area contributed by atoms with E-state index in [1.54, 1.807) is 0 Å². The van der Waals surface area contributed by atoms with E-state index >= 15 is 0 Å². The first kappa shape index (κ1) is 17.4. The Morgan fingerprint density at radius 3 is 2.33 bits per heavy atom. The standard InChI is InChI=1S/C12H15F3N2O3S/c1-11(2,3)21(18,19)17-7-9-4-5-10(16-6-9)20-8-12(13,14)15/h4-7H,8H2,1-3H3/b17-7+. The summed E-state index contributed by atoms with van der Waals surface area (Å²) in [5.41, 5.74) is 0.335. The molecule has 0 saturated heterocycles. The van der Waals surface area contributed by atoms with Crippen LogP contribution in [0.25, 0.3) is 0 Å². The number of hydrogen-bond donors (Lipinski definition) is 0. The fraction of sp³-hybridized carbons (Fsp3) is 0.500. The van der Waals surface area contributed by atoms with Crippen molar-refractivity contribution in [3.05, 3.63) is 23.9 Å². The summed E-state index contributed by atoms with van der Waals surface area (Å²) in [5, 5.41) is 0. The van der Waals surface area contributed by atoms with Crippen LogP contribution in [0.15, 0.2) is 22.7 Å². The van der Waals surface area contributed by atoms with Crippen molar-refractivity contribution in [2.24, 2.45) is 4.40 Å². The van der Waals surface area contributed by atoms with E-state index in [-0.39, 0.29) is 5.88 Å². The van der Waals surface area contributed by atoms with E-state index in [0.717, 1.165) is 6.21 Å². The van der Waals surface area contributed by atoms with Gasteiger partial charge in [-0.1, -0.05) is 0 Å². The summed E-state index contributed by atoms with van der Waals surface area (Å²) in [5.74, 6) is -0.205. The number of halogens is 3. The highest BCUT2D eigenvalue weighted by Gasteiger charge is 2.29. The third-order valence-corrected chi connectivity index (χ3v) is 4.19. The molecular weight excluding hydrogens is 309 g/mol. The summed E-state index contributed by atoms with van der Waals surface area (Å²) in [6.07, 6.45) is -2.18. The van der Waals surface area contributed by atoms with Crippen LogP contribution in [0.1, 0.15) is 26.3 Å². The van der Waals surface area contributed by atoms with Crippen molar-refractivity contribution < 1.29 is 26.3 Å². The van der Waals surface area contributed by atoms with Crippen LogP contribution in [0.4, 0.5) is 13.2 Å². The zero-order valence-corrected chi connectivity index (χ0v) is 12.5. The molecule has 0 atom stereocenters. The second-order valence-corrected chi connectivity index (χ2v) is 7.54. The molecule has 1 heterocycles. The molecule has 0 unspecified atom stereocenters. The van der Waals surface area contributed by atoms with E-state index in [1.807, 2.05) is 0 Å². The van der Waals surface area contributed by atoms with Crippen LogP contribution in [0, 0.1) is 0 Å². The van der Waals surface area contributed by atoms with E-state index in [9.17, 15) is 21.6 Å². The van der Waals surface area contributed by atoms with Gasteiger partial charge in [-0.3, -0.25) is 0 Å². The SMILES string of the molecule is CC(C)(C)S(=O)(=O)/N=C/c1ccc(OCC(F)(F)F)nc1. The molecule has 0 bridgehead atoms. The van der Waals surface area contributed by atoms with Crippen molar-refractivity contribution in [3.63, 3.8) is 0 Å². The quantitative estimate of drug-likeness (QED) is 0.798. The molecule has 9 heteroatoms. The lowest BCUT2D eigenvalue weighted by Crippen LogP contribution is -2.25. The largest absolute Gasteiger partial charge is 0.468 e. The Hall–Kier alpha value is -1.64. The zero-order valence-electron chi connectivity index (χ0n) is 11.7. The number of hydrogen-bond acceptors (Lipinski definition) is 4. The minimum atomic E-state index is -4.44. The first-order chi connectivity index (χ1) is 9.41. The van der Waals surface area contributed by atoms with Gasteiger partial charge in [0.2, 0.25) is 5.88 Å². The van der Waals surface area contributed by atoms with Crippen LogP contribution in [0.5, 0.6) is 5.88 Å². The second kappa shape index (κ2) is 6.00. The molecule has 0 spiro atoms. The van der Waals surface area contributed by atoms with Crippen molar-refractivity contribution in [1.29, 1.82) is 0 Å². The van der Waals surface area contributed by atoms with Crippen molar-refractivity contribution in [2.45, 2.75) is 31.7 Å². The average Bonchev–Trinajstić information content (AvgIpc) is 2.33. The maximum Gasteiger partial charge on any atom is 0.422 e. The highest BCUT2D eigenvalue weighted by molar-refractivity contribution is 7.91. The van der Waals surface area contributed by atoms with E-state index in [1.165, 1.54) is 39.1 Å². The van der Waals surface area contributed by atoms with Crippen molar-refractivity contribution >= 4 is 16.2 Å². The Bertz CT molecular complexity index is 602. The number of aromatic nitrogens is 1. The normalized spacial score (nSPS) is 13.6. The number of pyridine rings is 1. The molecule has 0 fully saturated rings. The molecule has 0 aliphatic rings. The van der Waals surface area contributed by atoms with Crippen LogP contribution in [-0.2, 0) is 10.0 Å². The maximum absolute atomic E-state index is 11.9. The van der Waals surface area contributed by atoms with Crippen molar-refractivity contribution in [1.82, 2.24) is 4.98 Å². The maximum atomic E-state index is 11.9. The Balaban J connectivity index is 2.76. The molecule has 0 amide bonds. The Morgan fingerprint density at radius 1 is 1.29 bits per heavy atom. The second-order valence-electron chi connectivity index (χ2n) is 5.16. The highest BCUT2D eigenvalue weighted by Crippen LogP contribution is 2.18. The minimum Gasteiger partial charge on any atom is -0.468 e. The number of rotatable bonds is 4. The van der Waals surface area contributed by atoms with Crippen LogP contribution >= 0.6 is 0 Å². The van der Waals surface area contributed by atoms with Crippen molar-refractivity contribution in [2.75, 3.05) is 6.61 Å². The van der Waals surface area contributed by atoms with Crippen LogP contribution in [-0.4, -0.2) is 37.1 Å². The topological polar surface area (TPSA) is 68.6 Å². The molecule has 0 N–H and O–H groups in total. The van der Waals surface area contributed by atoms with Gasteiger partial charge in [0.25, 0.3) is 10.0 Å². The van der Waals surface area contributed by atoms with Crippen molar-refractivity contribution in [3.8, 4) is 5.88 Å². The fourth-order valence-electron chi connectivity index (χ4n) is 0.998. The van der Waals surface area contributed by atoms with Gasteiger partial charge in [-0.25, -0.2) is 13.4 Å². The molecule has 0 aliphatic carbocycles. The van der Waals surface area contributed by atoms with Crippen LogP contribution in [0.3, 0.4) is 0 Å². The van der Waals surface area contributed by atoms with Crippen LogP contribution in [0.2, 0.25) is 0 Å². The van der Waals surface area contributed by atoms with Gasteiger partial charge in [0.05, 0.1) is 4.75 Å². The van der Waals surface area contributed by atoms with E-state index in [2.05, 4.69) is 14.1 Å². The monoisotopic (exact) mass is 324 g/mol. The summed E-state index contributed by atoms with van der Waals surface area (Å²) in [4.78, 5) is 3.64. The lowest BCUT2D eigenvalue weighted by Gasteiger charge is -2.14. The lowest BCUT2D eigenvalue weighted by molar-refractivity contribution is -0.154. The Kier molecular flexibility index (Phi) is 4.98. The van der Waals surface area contributed by atoms with E-state index in [4.69, 9.17) is 0 Å². The molecule has 5 nitrogen and oxygen atoms in total. The molecule has 1 aromatic heterocycles. The smallest absolute Gasteiger partial charge is 0.422 e. The Labute approximate surface area is 120 Å². The predicted octanol–water partition coefficient (Wildman–Crippen LogP) is 2.57. The summed E-state index contributed by atoms with van der Waals surface area (Å²) in [6, 6.07) is 2.57. The minimum absolute atomic E-state index is 0.205. The van der Waals surface area contributed by atoms with Gasteiger partial charge in [0, 0.05) is 24.0 Å². The number of ether oxygens (including phenoxy) is 1. The van der Waals surface area contributed by atoms with Gasteiger partial charge in [-0.05, 0) is 26.8 Å². The molecule has 0 saturated carbocycles. The molecule has 1 rings (SSSR count). The first-order valence-electron chi connectivity index (χ1n) is 5.86. The average molecular weight is 324 g/mol. The van der Waals surface area contributed by atoms with Gasteiger partial charge in [0.1, 0.15) is 0 Å². The molecule has 1 aromatic rings. The van der Waals surface area contributed by atoms with Gasteiger partial charge in [0.15, 0.2) is 6.61 Å². The number of sulfonamides is 1. The van der Waals surface area contributed by atoms with Gasteiger partial charge in [-0.2, -0.15) is 17.6 Å². The van der Waals surface area contributed by atoms with Gasteiger partial charge < -0.3 is 4.74 Å². The molecule has 0 radical (unpaired) electrons. The molecule has 0 aromatic carbocycles. The molecule has 0 aliphatic heterocycles. The third kappa shape index (κ3) is 5.70. The zero-order chi connectivity index (χ0) is 16.3. The van der Waals surface area contributed by atoms with Gasteiger partial charge >= 0.3 is 6.18 Å². The fourth-order valence-corrected chi connectivity index (χ4v) is 1.57. The first-order valence-corrected chi connectivity index (χ1v) is 7.30. The Morgan fingerprint density at radius 2 is 1.90 bits per heavy atom. The number of nitrogens with zero attached hydrogens (tertiary/aromatic N) is 2. The predicted molar refractivity (Wildman–Crippen MR) is 72.1 cm³/mol. The summed E-state index contributed by atoms with van der Waals surface area (Å²) < 4.78 is 66.2. The van der Waals surface area contributed by atoms with E-state index in [0.29, 0.717) is 5.56 Å². The van der Waals surface area contributed by atoms with E-state index < -0.39 is 27.6 Å². The molecule has 118 valence electrons. The highest BCUT2D eigenvalue weighted by atomic mass is 32.2. The van der Waals surface area contributed by atoms with Crippen LogP contribution < -0.4 is 4.74 Å². The summed E-state index contributed by atoms with van der Waals surface area (Å²) in [7, 11) is -3.67. The van der Waals surface area contributed by atoms with Gasteiger partial charge in [-0.15, -0.1) is 0 Å². The summed E-state index contributed by atoms with van der Waals surface area (Å²) >= 11 is 0. The third-order valence-electron chi connectivity index (χ3n) is 2.26. The summed E-state index contributed by atoms with van der Waals surface area (Å²) in [6.45, 7) is 3.08.